The lowest BCUT2D eigenvalue weighted by Crippen LogP contribution is -2.21. The van der Waals surface area contributed by atoms with E-state index in [9.17, 15) is 14.4 Å². The van der Waals surface area contributed by atoms with Gasteiger partial charge in [0.25, 0.3) is 5.91 Å². The van der Waals surface area contributed by atoms with E-state index in [-0.39, 0.29) is 24.9 Å². The lowest BCUT2D eigenvalue weighted by molar-refractivity contribution is -0.118. The van der Waals surface area contributed by atoms with Crippen LogP contribution >= 0.6 is 11.3 Å². The van der Waals surface area contributed by atoms with E-state index in [1.165, 1.54) is 11.3 Å². The largest absolute Gasteiger partial charge is 0.483 e. The summed E-state index contributed by atoms with van der Waals surface area (Å²) >= 11 is 1.38. The Labute approximate surface area is 167 Å². The number of carbonyl (C=O) groups is 3. The lowest BCUT2D eigenvalue weighted by Gasteiger charge is -2.11. The van der Waals surface area contributed by atoms with Gasteiger partial charge in [0.15, 0.2) is 12.4 Å². The third-order valence-corrected chi connectivity index (χ3v) is 6.05. The zero-order chi connectivity index (χ0) is 20.3. The molecule has 2 aromatic rings. The highest BCUT2D eigenvalue weighted by Gasteiger charge is 2.25. The van der Waals surface area contributed by atoms with Crippen LogP contribution in [-0.2, 0) is 22.4 Å². The average Bonchev–Trinajstić information content (AvgIpc) is 3.20. The van der Waals surface area contributed by atoms with Gasteiger partial charge >= 0.3 is 5.97 Å². The van der Waals surface area contributed by atoms with Gasteiger partial charge in [-0.05, 0) is 38.3 Å². The molecule has 0 fully saturated rings. The van der Waals surface area contributed by atoms with E-state index in [0.29, 0.717) is 34.7 Å². The van der Waals surface area contributed by atoms with Gasteiger partial charge in [-0.3, -0.25) is 9.59 Å². The van der Waals surface area contributed by atoms with Gasteiger partial charge in [0, 0.05) is 22.4 Å². The number of carbonyl (C=O) groups excluding carboxylic acids is 3. The van der Waals surface area contributed by atoms with Crippen LogP contribution < -0.4 is 10.1 Å². The second-order valence-corrected chi connectivity index (χ2v) is 7.58. The molecular formula is C21H23NO5S. The molecule has 0 aliphatic heterocycles. The van der Waals surface area contributed by atoms with Crippen LogP contribution in [0.2, 0.25) is 0 Å². The van der Waals surface area contributed by atoms with Gasteiger partial charge in [-0.2, -0.15) is 0 Å². The number of hydrogen-bond donors (Lipinski definition) is 1. The highest BCUT2D eigenvalue weighted by atomic mass is 32.1. The van der Waals surface area contributed by atoms with Crippen molar-refractivity contribution in [1.29, 1.82) is 0 Å². The van der Waals surface area contributed by atoms with Crippen molar-refractivity contribution in [3.05, 3.63) is 45.3 Å². The third-order valence-electron chi connectivity index (χ3n) is 4.69. The summed E-state index contributed by atoms with van der Waals surface area (Å²) in [4.78, 5) is 37.6. The molecule has 0 unspecified atom stereocenters. The first-order valence-electron chi connectivity index (χ1n) is 9.33. The maximum atomic E-state index is 12.4. The Kier molecular flexibility index (Phi) is 6.14. The van der Waals surface area contributed by atoms with Crippen LogP contribution in [0.4, 0.5) is 5.00 Å². The van der Waals surface area contributed by atoms with E-state index in [0.717, 1.165) is 22.4 Å². The number of aryl methyl sites for hydroxylation is 1. The minimum atomic E-state index is -0.438. The van der Waals surface area contributed by atoms with Gasteiger partial charge < -0.3 is 14.8 Å². The molecule has 1 aromatic heterocycles. The summed E-state index contributed by atoms with van der Waals surface area (Å²) in [6.07, 6.45) is 1.86. The van der Waals surface area contributed by atoms with Crippen molar-refractivity contribution < 1.29 is 23.9 Å². The molecular weight excluding hydrogens is 378 g/mol. The molecule has 148 valence electrons. The van der Waals surface area contributed by atoms with Crippen LogP contribution in [0.15, 0.2) is 18.2 Å². The predicted molar refractivity (Wildman–Crippen MR) is 108 cm³/mol. The number of esters is 1. The molecule has 0 saturated carbocycles. The topological polar surface area (TPSA) is 81.7 Å². The number of thiophene rings is 1. The zero-order valence-corrected chi connectivity index (χ0v) is 17.0. The number of fused-ring (bicyclic) bond motifs is 1. The number of amides is 1. The number of rotatable bonds is 7. The molecule has 1 aliphatic carbocycles. The quantitative estimate of drug-likeness (QED) is 0.711. The standard InChI is InChI=1S/C21H23NO5S/c1-4-17-12(3)19(21(25)26-5-2)20(28-17)22-18(24)11-27-16-8-6-7-13-14(16)9-10-15(13)23/h6-8H,4-5,9-11H2,1-3H3,(H,22,24). The highest BCUT2D eigenvalue weighted by molar-refractivity contribution is 7.17. The summed E-state index contributed by atoms with van der Waals surface area (Å²) in [5, 5.41) is 3.26. The minimum absolute atomic E-state index is 0.102. The maximum absolute atomic E-state index is 12.4. The Morgan fingerprint density at radius 3 is 2.71 bits per heavy atom. The number of nitrogens with one attached hydrogen (secondary N) is 1. The van der Waals surface area contributed by atoms with Crippen molar-refractivity contribution in [2.45, 2.75) is 40.0 Å². The second kappa shape index (κ2) is 8.56. The highest BCUT2D eigenvalue weighted by Crippen LogP contribution is 2.34. The second-order valence-electron chi connectivity index (χ2n) is 6.47. The first-order chi connectivity index (χ1) is 13.5. The molecule has 1 N–H and O–H groups in total. The molecule has 1 heterocycles. The Bertz CT molecular complexity index is 931. The fourth-order valence-corrected chi connectivity index (χ4v) is 4.48. The van der Waals surface area contributed by atoms with Gasteiger partial charge in [0.2, 0.25) is 0 Å². The average molecular weight is 401 g/mol. The van der Waals surface area contributed by atoms with Crippen molar-refractivity contribution in [2.75, 3.05) is 18.5 Å². The summed E-state index contributed by atoms with van der Waals surface area (Å²) in [7, 11) is 0. The van der Waals surface area contributed by atoms with Crippen LogP contribution in [0.5, 0.6) is 5.75 Å². The van der Waals surface area contributed by atoms with Crippen LogP contribution in [0, 0.1) is 6.92 Å². The van der Waals surface area contributed by atoms with E-state index in [2.05, 4.69) is 5.32 Å². The number of hydrogen-bond acceptors (Lipinski definition) is 6. The number of Topliss-reactive ketones (excluding diaryl/α,β-unsaturated/α-hetero) is 1. The summed E-state index contributed by atoms with van der Waals surface area (Å²) < 4.78 is 10.8. The van der Waals surface area contributed by atoms with E-state index >= 15 is 0 Å². The summed E-state index contributed by atoms with van der Waals surface area (Å²) in [5.41, 5.74) is 2.77. The first-order valence-corrected chi connectivity index (χ1v) is 10.1. The molecule has 1 aromatic carbocycles. The van der Waals surface area contributed by atoms with E-state index in [4.69, 9.17) is 9.47 Å². The SMILES string of the molecule is CCOC(=O)c1c(NC(=O)COc2cccc3c2CCC3=O)sc(CC)c1C. The van der Waals surface area contributed by atoms with Gasteiger partial charge in [-0.15, -0.1) is 11.3 Å². The molecule has 1 amide bonds. The fourth-order valence-electron chi connectivity index (χ4n) is 3.33. The zero-order valence-electron chi connectivity index (χ0n) is 16.2. The molecule has 28 heavy (non-hydrogen) atoms. The maximum Gasteiger partial charge on any atom is 0.341 e. The van der Waals surface area contributed by atoms with Crippen LogP contribution in [0.25, 0.3) is 0 Å². The number of anilines is 1. The number of benzene rings is 1. The smallest absolute Gasteiger partial charge is 0.341 e. The minimum Gasteiger partial charge on any atom is -0.483 e. The molecule has 0 saturated heterocycles. The van der Waals surface area contributed by atoms with E-state index in [1.807, 2.05) is 13.8 Å². The Morgan fingerprint density at radius 1 is 1.21 bits per heavy atom. The van der Waals surface area contributed by atoms with Crippen LogP contribution in [-0.4, -0.2) is 30.9 Å². The molecule has 0 bridgehead atoms. The van der Waals surface area contributed by atoms with Crippen molar-refractivity contribution >= 4 is 34.0 Å². The summed E-state index contributed by atoms with van der Waals surface area (Å²) in [6, 6.07) is 5.30. The van der Waals surface area contributed by atoms with Crippen molar-refractivity contribution in [3.8, 4) is 5.75 Å². The Balaban J connectivity index is 1.72. The molecule has 0 radical (unpaired) electrons. The molecule has 0 spiro atoms. The normalized spacial score (nSPS) is 12.6. The van der Waals surface area contributed by atoms with Crippen molar-refractivity contribution in [2.24, 2.45) is 0 Å². The number of ether oxygens (including phenoxy) is 2. The van der Waals surface area contributed by atoms with E-state index in [1.54, 1.807) is 25.1 Å². The van der Waals surface area contributed by atoms with Gasteiger partial charge in [0.1, 0.15) is 10.8 Å². The monoisotopic (exact) mass is 401 g/mol. The van der Waals surface area contributed by atoms with Crippen molar-refractivity contribution in [1.82, 2.24) is 0 Å². The Morgan fingerprint density at radius 2 is 2.00 bits per heavy atom. The molecule has 7 heteroatoms. The van der Waals surface area contributed by atoms with Gasteiger partial charge in [0.05, 0.1) is 12.2 Å². The van der Waals surface area contributed by atoms with Crippen molar-refractivity contribution in [3.63, 3.8) is 0 Å². The molecule has 3 rings (SSSR count). The van der Waals surface area contributed by atoms with Gasteiger partial charge in [-0.1, -0.05) is 19.1 Å². The van der Waals surface area contributed by atoms with E-state index < -0.39 is 5.97 Å². The Hall–Kier alpha value is -2.67. The fraction of sp³-hybridized carbons (Fsp3) is 0.381. The number of ketones is 1. The summed E-state index contributed by atoms with van der Waals surface area (Å²) in [6.45, 7) is 5.67. The molecule has 1 aliphatic rings. The summed E-state index contributed by atoms with van der Waals surface area (Å²) in [5.74, 6) is -0.145. The van der Waals surface area contributed by atoms with Crippen LogP contribution in [0.3, 0.4) is 0 Å². The molecule has 0 atom stereocenters. The predicted octanol–water partition coefficient (Wildman–Crippen LogP) is 3.94. The molecule has 6 nitrogen and oxygen atoms in total. The van der Waals surface area contributed by atoms with Gasteiger partial charge in [-0.25, -0.2) is 4.79 Å². The lowest BCUT2D eigenvalue weighted by atomic mass is 10.1. The first kappa shape index (κ1) is 20.1. The van der Waals surface area contributed by atoms with Crippen LogP contribution in [0.1, 0.15) is 57.0 Å². The third kappa shape index (κ3) is 3.94.